The van der Waals surface area contributed by atoms with Gasteiger partial charge < -0.3 is 14.5 Å². The van der Waals surface area contributed by atoms with Gasteiger partial charge in [-0.15, -0.1) is 0 Å². The second kappa shape index (κ2) is 10.4. The molecule has 0 atom stereocenters. The number of ether oxygens (including phenoxy) is 1. The molecular formula is C24H26F3N7O5. The highest BCUT2D eigenvalue weighted by molar-refractivity contribution is 6.06. The van der Waals surface area contributed by atoms with Crippen LogP contribution in [0.5, 0.6) is 0 Å². The van der Waals surface area contributed by atoms with Crippen molar-refractivity contribution in [2.75, 3.05) is 28.2 Å². The summed E-state index contributed by atoms with van der Waals surface area (Å²) in [6.07, 6.45) is -1.10. The number of alkyl halides is 3. The number of pyridine rings is 1. The second-order valence-electron chi connectivity index (χ2n) is 9.77. The van der Waals surface area contributed by atoms with Gasteiger partial charge in [-0.25, -0.2) is 14.8 Å². The van der Waals surface area contributed by atoms with E-state index in [-0.39, 0.29) is 28.9 Å². The minimum absolute atomic E-state index is 0.0962. The summed E-state index contributed by atoms with van der Waals surface area (Å²) in [4.78, 5) is 47.4. The maximum Gasteiger partial charge on any atom is 0.416 e. The number of anilines is 3. The van der Waals surface area contributed by atoms with E-state index >= 15 is 0 Å². The van der Waals surface area contributed by atoms with Crippen molar-refractivity contribution in [1.82, 2.24) is 19.7 Å². The molecule has 0 unspecified atom stereocenters. The molecule has 1 saturated heterocycles. The first-order valence-electron chi connectivity index (χ1n) is 11.8. The standard InChI is InChI=1S/C24H26F3N7O5/c1-23(2,3)39-22(37)34(13-24(25,26)27)17-10-14(7-8-28-17)21-30-16(12-38-21)20(36)29-15-11-32(4)31-19(15)33-9-5-6-18(33)35/h7-8,10-12H,5-6,9,13H2,1-4H3,(H,29,36). The first kappa shape index (κ1) is 27.6. The van der Waals surface area contributed by atoms with Crippen LogP contribution in [0.15, 0.2) is 35.2 Å². The number of oxazole rings is 1. The summed E-state index contributed by atoms with van der Waals surface area (Å²) in [5.41, 5.74) is -0.710. The lowest BCUT2D eigenvalue weighted by atomic mass is 10.2. The quantitative estimate of drug-likeness (QED) is 0.484. The van der Waals surface area contributed by atoms with Gasteiger partial charge in [0, 0.05) is 31.8 Å². The molecule has 1 aliphatic heterocycles. The molecule has 0 aliphatic carbocycles. The molecule has 4 heterocycles. The molecule has 39 heavy (non-hydrogen) atoms. The molecule has 208 valence electrons. The molecule has 15 heteroatoms. The van der Waals surface area contributed by atoms with Gasteiger partial charge in [0.05, 0.1) is 6.20 Å². The zero-order valence-electron chi connectivity index (χ0n) is 21.6. The van der Waals surface area contributed by atoms with Crippen LogP contribution in [0.25, 0.3) is 11.5 Å². The largest absolute Gasteiger partial charge is 0.444 e. The molecule has 0 spiro atoms. The molecule has 1 fully saturated rings. The van der Waals surface area contributed by atoms with E-state index in [9.17, 15) is 27.6 Å². The lowest BCUT2D eigenvalue weighted by Crippen LogP contribution is -2.42. The van der Waals surface area contributed by atoms with Crippen molar-refractivity contribution in [3.05, 3.63) is 36.5 Å². The van der Waals surface area contributed by atoms with Crippen LogP contribution in [0.2, 0.25) is 0 Å². The van der Waals surface area contributed by atoms with Crippen LogP contribution >= 0.6 is 0 Å². The van der Waals surface area contributed by atoms with Crippen LogP contribution in [0.1, 0.15) is 44.1 Å². The molecule has 1 N–H and O–H groups in total. The van der Waals surface area contributed by atoms with Crippen LogP contribution in [0.4, 0.5) is 35.3 Å². The van der Waals surface area contributed by atoms with E-state index in [0.717, 1.165) is 6.26 Å². The lowest BCUT2D eigenvalue weighted by molar-refractivity contribution is -0.120. The van der Waals surface area contributed by atoms with Crippen molar-refractivity contribution in [3.8, 4) is 11.5 Å². The van der Waals surface area contributed by atoms with Crippen LogP contribution in [0, 0.1) is 0 Å². The fraction of sp³-hybridized carbons (Fsp3) is 0.417. The van der Waals surface area contributed by atoms with Gasteiger partial charge in [0.25, 0.3) is 5.91 Å². The summed E-state index contributed by atoms with van der Waals surface area (Å²) in [5, 5.41) is 6.92. The lowest BCUT2D eigenvalue weighted by Gasteiger charge is -2.27. The minimum atomic E-state index is -4.73. The Kier molecular flexibility index (Phi) is 7.35. The van der Waals surface area contributed by atoms with Crippen molar-refractivity contribution < 1.29 is 36.7 Å². The average molecular weight is 550 g/mol. The molecular weight excluding hydrogens is 523 g/mol. The Bertz CT molecular complexity index is 1390. The molecule has 1 aliphatic rings. The average Bonchev–Trinajstić information content (AvgIpc) is 3.56. The maximum absolute atomic E-state index is 13.2. The Morgan fingerprint density at radius 3 is 2.64 bits per heavy atom. The Morgan fingerprint density at radius 1 is 1.26 bits per heavy atom. The summed E-state index contributed by atoms with van der Waals surface area (Å²) in [6, 6.07) is 2.57. The molecule has 3 amide bonds. The molecule has 0 bridgehead atoms. The number of carbonyl (C=O) groups excluding carboxylic acids is 3. The molecule has 12 nitrogen and oxygen atoms in total. The summed E-state index contributed by atoms with van der Waals surface area (Å²) >= 11 is 0. The third-order valence-electron chi connectivity index (χ3n) is 5.34. The van der Waals surface area contributed by atoms with E-state index in [1.54, 1.807) is 13.2 Å². The maximum atomic E-state index is 13.2. The SMILES string of the molecule is Cn1cc(NC(=O)c2coc(-c3ccnc(N(CC(F)(F)F)C(=O)OC(C)(C)C)c3)n2)c(N2CCCC2=O)n1. The number of halogens is 3. The topological polar surface area (TPSA) is 136 Å². The zero-order valence-corrected chi connectivity index (χ0v) is 21.6. The van der Waals surface area contributed by atoms with Gasteiger partial charge in [-0.2, -0.15) is 18.3 Å². The smallest absolute Gasteiger partial charge is 0.416 e. The first-order chi connectivity index (χ1) is 18.2. The molecule has 3 aromatic rings. The van der Waals surface area contributed by atoms with Gasteiger partial charge in [0.15, 0.2) is 11.5 Å². The van der Waals surface area contributed by atoms with Gasteiger partial charge in [0.1, 0.15) is 29.9 Å². The fourth-order valence-corrected chi connectivity index (χ4v) is 3.77. The van der Waals surface area contributed by atoms with E-state index in [2.05, 4.69) is 20.4 Å². The molecule has 4 rings (SSSR count). The summed E-state index contributed by atoms with van der Waals surface area (Å²) in [7, 11) is 1.65. The van der Waals surface area contributed by atoms with E-state index in [1.807, 2.05) is 0 Å². The van der Waals surface area contributed by atoms with E-state index in [0.29, 0.717) is 35.8 Å². The Balaban J connectivity index is 1.56. The predicted octanol–water partition coefficient (Wildman–Crippen LogP) is 4.15. The van der Waals surface area contributed by atoms with Crippen molar-refractivity contribution in [1.29, 1.82) is 0 Å². The third-order valence-corrected chi connectivity index (χ3v) is 5.34. The number of carbonyl (C=O) groups is 3. The summed E-state index contributed by atoms with van der Waals surface area (Å²) in [5.74, 6) is -0.901. The third kappa shape index (κ3) is 6.72. The van der Waals surface area contributed by atoms with Gasteiger partial charge in [-0.05, 0) is 39.3 Å². The van der Waals surface area contributed by atoms with Crippen molar-refractivity contribution in [2.24, 2.45) is 7.05 Å². The van der Waals surface area contributed by atoms with Gasteiger partial charge in [0.2, 0.25) is 11.8 Å². The van der Waals surface area contributed by atoms with E-state index in [4.69, 9.17) is 9.15 Å². The van der Waals surface area contributed by atoms with E-state index < -0.39 is 30.3 Å². The van der Waals surface area contributed by atoms with Crippen LogP contribution in [-0.4, -0.2) is 62.5 Å². The number of hydrogen-bond acceptors (Lipinski definition) is 8. The van der Waals surface area contributed by atoms with Gasteiger partial charge in [-0.1, -0.05) is 0 Å². The zero-order chi connectivity index (χ0) is 28.5. The predicted molar refractivity (Wildman–Crippen MR) is 132 cm³/mol. The Hall–Kier alpha value is -4.43. The van der Waals surface area contributed by atoms with Crippen molar-refractivity contribution >= 4 is 35.2 Å². The monoisotopic (exact) mass is 549 g/mol. The second-order valence-corrected chi connectivity index (χ2v) is 9.77. The number of nitrogens with one attached hydrogen (secondary N) is 1. The number of aromatic nitrogens is 4. The van der Waals surface area contributed by atoms with Crippen LogP contribution < -0.4 is 15.1 Å². The van der Waals surface area contributed by atoms with Gasteiger partial charge >= 0.3 is 12.3 Å². The molecule has 0 saturated carbocycles. The number of nitrogens with zero attached hydrogens (tertiary/aromatic N) is 6. The minimum Gasteiger partial charge on any atom is -0.444 e. The normalized spacial score (nSPS) is 14.0. The van der Waals surface area contributed by atoms with Gasteiger partial charge in [-0.3, -0.25) is 24.1 Å². The number of rotatable bonds is 6. The number of aryl methyl sites for hydroxylation is 1. The van der Waals surface area contributed by atoms with Crippen LogP contribution in [0.3, 0.4) is 0 Å². The first-order valence-corrected chi connectivity index (χ1v) is 11.8. The number of amides is 3. The van der Waals surface area contributed by atoms with Crippen molar-refractivity contribution in [2.45, 2.75) is 45.4 Å². The Morgan fingerprint density at radius 2 is 2.00 bits per heavy atom. The van der Waals surface area contributed by atoms with E-state index in [1.165, 1.54) is 48.7 Å². The van der Waals surface area contributed by atoms with Crippen LogP contribution in [-0.2, 0) is 16.6 Å². The summed E-state index contributed by atoms with van der Waals surface area (Å²) < 4.78 is 51.7. The van der Waals surface area contributed by atoms with Crippen molar-refractivity contribution in [3.63, 3.8) is 0 Å². The Labute approximate surface area is 220 Å². The highest BCUT2D eigenvalue weighted by atomic mass is 19.4. The summed E-state index contributed by atoms with van der Waals surface area (Å²) in [6.45, 7) is 3.42. The number of hydrogen-bond donors (Lipinski definition) is 1. The molecule has 3 aromatic heterocycles. The molecule has 0 aromatic carbocycles. The molecule has 0 radical (unpaired) electrons. The highest BCUT2D eigenvalue weighted by Gasteiger charge is 2.37. The fourth-order valence-electron chi connectivity index (χ4n) is 3.77. The highest BCUT2D eigenvalue weighted by Crippen LogP contribution is 2.30.